The third-order valence-corrected chi connectivity index (χ3v) is 4.38. The first-order valence-corrected chi connectivity index (χ1v) is 7.39. The van der Waals surface area contributed by atoms with E-state index in [1.807, 2.05) is 11.4 Å². The topological polar surface area (TPSA) is 46.5 Å². The van der Waals surface area contributed by atoms with Gasteiger partial charge in [0.2, 0.25) is 0 Å². The van der Waals surface area contributed by atoms with Crippen molar-refractivity contribution in [2.45, 2.75) is 6.61 Å². The van der Waals surface area contributed by atoms with Crippen LogP contribution in [0.1, 0.15) is 10.4 Å². The highest BCUT2D eigenvalue weighted by Crippen LogP contribution is 2.28. The zero-order valence-electron chi connectivity index (χ0n) is 10.5. The smallest absolute Gasteiger partial charge is 0.328 e. The van der Waals surface area contributed by atoms with Gasteiger partial charge in [-0.2, -0.15) is 0 Å². The van der Waals surface area contributed by atoms with Crippen molar-refractivity contribution in [2.75, 3.05) is 0 Å². The highest BCUT2D eigenvalue weighted by Gasteiger charge is 2.13. The van der Waals surface area contributed by atoms with Gasteiger partial charge in [0.1, 0.15) is 6.61 Å². The summed E-state index contributed by atoms with van der Waals surface area (Å²) in [6.45, 7) is 0.0381. The van der Waals surface area contributed by atoms with Crippen molar-refractivity contribution in [3.8, 4) is 5.75 Å². The second kappa shape index (κ2) is 6.82. The van der Waals surface area contributed by atoms with E-state index >= 15 is 0 Å². The first kappa shape index (κ1) is 15.7. The molecule has 21 heavy (non-hydrogen) atoms. The molecule has 0 spiro atoms. The van der Waals surface area contributed by atoms with E-state index in [2.05, 4.69) is 15.9 Å². The van der Waals surface area contributed by atoms with Crippen molar-refractivity contribution in [1.82, 2.24) is 0 Å². The molecule has 0 amide bonds. The highest BCUT2D eigenvalue weighted by molar-refractivity contribution is 9.10. The normalized spacial score (nSPS) is 11.0. The van der Waals surface area contributed by atoms with Gasteiger partial charge in [0, 0.05) is 10.5 Å². The summed E-state index contributed by atoms with van der Waals surface area (Å²) in [5.41, 5.74) is 0.108. The minimum Gasteiger partial charge on any atom is -0.482 e. The van der Waals surface area contributed by atoms with Crippen molar-refractivity contribution >= 4 is 39.3 Å². The Bertz CT molecular complexity index is 674. The molecule has 3 nitrogen and oxygen atoms in total. The summed E-state index contributed by atoms with van der Waals surface area (Å²) < 4.78 is 33.6. The summed E-state index contributed by atoms with van der Waals surface area (Å²) >= 11 is 4.70. The Labute approximate surface area is 131 Å². The molecule has 1 heterocycles. The van der Waals surface area contributed by atoms with Crippen molar-refractivity contribution in [1.29, 1.82) is 0 Å². The van der Waals surface area contributed by atoms with Gasteiger partial charge in [-0.3, -0.25) is 0 Å². The summed E-state index contributed by atoms with van der Waals surface area (Å²) in [6.07, 6.45) is 1.91. The monoisotopic (exact) mass is 374 g/mol. The molecule has 0 aliphatic carbocycles. The molecule has 0 bridgehead atoms. The van der Waals surface area contributed by atoms with Crippen LogP contribution >= 0.6 is 27.3 Å². The number of hydrogen-bond acceptors (Lipinski definition) is 3. The van der Waals surface area contributed by atoms with Crippen LogP contribution < -0.4 is 4.74 Å². The van der Waals surface area contributed by atoms with E-state index < -0.39 is 23.4 Å². The zero-order valence-corrected chi connectivity index (χ0v) is 12.9. The molecule has 1 aromatic heterocycles. The van der Waals surface area contributed by atoms with Crippen LogP contribution in [0.15, 0.2) is 34.1 Å². The zero-order chi connectivity index (χ0) is 15.4. The third kappa shape index (κ3) is 4.12. The van der Waals surface area contributed by atoms with E-state index in [1.165, 1.54) is 11.3 Å². The number of thiophene rings is 1. The number of halogens is 3. The van der Waals surface area contributed by atoms with Gasteiger partial charge in [-0.25, -0.2) is 13.6 Å². The van der Waals surface area contributed by atoms with E-state index in [4.69, 9.17) is 9.84 Å². The molecule has 0 aliphatic heterocycles. The van der Waals surface area contributed by atoms with Crippen LogP contribution in [0, 0.1) is 11.6 Å². The predicted octanol–water partition coefficient (Wildman–Crippen LogP) is 4.47. The van der Waals surface area contributed by atoms with E-state index in [1.54, 1.807) is 0 Å². The van der Waals surface area contributed by atoms with Gasteiger partial charge in [-0.1, -0.05) is 0 Å². The molecule has 2 rings (SSSR count). The number of ether oxygens (including phenoxy) is 1. The summed E-state index contributed by atoms with van der Waals surface area (Å²) in [4.78, 5) is 11.2. The fourth-order valence-electron chi connectivity index (χ4n) is 1.55. The molecular weight excluding hydrogens is 366 g/mol. The first-order valence-electron chi connectivity index (χ1n) is 5.72. The van der Waals surface area contributed by atoms with Crippen molar-refractivity contribution in [2.24, 2.45) is 0 Å². The average Bonchev–Trinajstić information content (AvgIpc) is 2.81. The van der Waals surface area contributed by atoms with Crippen molar-refractivity contribution in [3.63, 3.8) is 0 Å². The summed E-state index contributed by atoms with van der Waals surface area (Å²) in [7, 11) is 0. The number of carboxylic acids is 1. The van der Waals surface area contributed by atoms with Gasteiger partial charge in [-0.15, -0.1) is 11.3 Å². The van der Waals surface area contributed by atoms with Gasteiger partial charge in [0.05, 0.1) is 4.88 Å². The number of carbonyl (C=O) groups is 1. The van der Waals surface area contributed by atoms with Crippen LogP contribution in [0.3, 0.4) is 0 Å². The Hall–Kier alpha value is -1.73. The van der Waals surface area contributed by atoms with E-state index in [0.29, 0.717) is 0 Å². The third-order valence-electron chi connectivity index (χ3n) is 2.48. The second-order valence-corrected chi connectivity index (χ2v) is 5.82. The average molecular weight is 375 g/mol. The molecule has 1 aromatic carbocycles. The Morgan fingerprint density at radius 2 is 2.05 bits per heavy atom. The second-order valence-electron chi connectivity index (χ2n) is 3.97. The summed E-state index contributed by atoms with van der Waals surface area (Å²) in [5, 5.41) is 10.3. The molecule has 2 aromatic rings. The largest absolute Gasteiger partial charge is 0.482 e. The Balaban J connectivity index is 2.17. The Morgan fingerprint density at radius 3 is 2.57 bits per heavy atom. The molecule has 0 atom stereocenters. The molecule has 0 aliphatic rings. The SMILES string of the molecule is O=C(O)C=Cc1cc(F)c(OCc2sccc2Br)c(F)c1. The van der Waals surface area contributed by atoms with Crippen molar-refractivity contribution < 1.29 is 23.4 Å². The Morgan fingerprint density at radius 1 is 1.38 bits per heavy atom. The van der Waals surface area contributed by atoms with Gasteiger partial charge in [-0.05, 0) is 51.1 Å². The lowest BCUT2D eigenvalue weighted by molar-refractivity contribution is -0.131. The first-order chi connectivity index (χ1) is 9.97. The lowest BCUT2D eigenvalue weighted by atomic mass is 10.2. The Kier molecular flexibility index (Phi) is 5.08. The molecular formula is C14H9BrF2O3S. The molecule has 7 heteroatoms. The molecule has 0 radical (unpaired) electrons. The van der Waals surface area contributed by atoms with E-state index in [-0.39, 0.29) is 12.2 Å². The number of carboxylic acid groups (broad SMARTS) is 1. The van der Waals surface area contributed by atoms with E-state index in [9.17, 15) is 13.6 Å². The lowest BCUT2D eigenvalue weighted by Gasteiger charge is -2.08. The van der Waals surface area contributed by atoms with Crippen LogP contribution in [0.4, 0.5) is 8.78 Å². The minimum atomic E-state index is -1.20. The van der Waals surface area contributed by atoms with Gasteiger partial charge in [0.15, 0.2) is 17.4 Å². The number of benzene rings is 1. The maximum absolute atomic E-state index is 13.8. The van der Waals surface area contributed by atoms with Crippen LogP contribution in [-0.4, -0.2) is 11.1 Å². The lowest BCUT2D eigenvalue weighted by Crippen LogP contribution is -1.99. The van der Waals surface area contributed by atoms with Gasteiger partial charge < -0.3 is 9.84 Å². The summed E-state index contributed by atoms with van der Waals surface area (Å²) in [5.74, 6) is -3.44. The molecule has 110 valence electrons. The highest BCUT2D eigenvalue weighted by atomic mass is 79.9. The standard InChI is InChI=1S/C14H9BrF2O3S/c15-9-3-4-21-12(9)7-20-14-10(16)5-8(6-11(14)17)1-2-13(18)19/h1-6H,7H2,(H,18,19). The molecule has 1 N–H and O–H groups in total. The minimum absolute atomic E-state index is 0.0381. The quantitative estimate of drug-likeness (QED) is 0.785. The number of aliphatic carboxylic acids is 1. The summed E-state index contributed by atoms with van der Waals surface area (Å²) in [6, 6.07) is 3.85. The van der Waals surface area contributed by atoms with Crippen molar-refractivity contribution in [3.05, 3.63) is 56.2 Å². The maximum Gasteiger partial charge on any atom is 0.328 e. The fourth-order valence-corrected chi connectivity index (χ4v) is 2.92. The number of rotatable bonds is 5. The molecule has 0 saturated heterocycles. The van der Waals surface area contributed by atoms with Crippen LogP contribution in [0.25, 0.3) is 6.08 Å². The van der Waals surface area contributed by atoms with E-state index in [0.717, 1.165) is 33.6 Å². The molecule has 0 saturated carbocycles. The van der Waals surface area contributed by atoms with Crippen LogP contribution in [0.2, 0.25) is 0 Å². The molecule has 0 fully saturated rings. The van der Waals surface area contributed by atoms with Gasteiger partial charge in [0.25, 0.3) is 0 Å². The maximum atomic E-state index is 13.8. The molecule has 0 unspecified atom stereocenters. The van der Waals surface area contributed by atoms with Crippen LogP contribution in [-0.2, 0) is 11.4 Å². The fraction of sp³-hybridized carbons (Fsp3) is 0.0714. The predicted molar refractivity (Wildman–Crippen MR) is 79.4 cm³/mol. The van der Waals surface area contributed by atoms with Crippen LogP contribution in [0.5, 0.6) is 5.75 Å². The van der Waals surface area contributed by atoms with Gasteiger partial charge >= 0.3 is 5.97 Å². The number of hydrogen-bond donors (Lipinski definition) is 1.